The van der Waals surface area contributed by atoms with E-state index in [1.165, 1.54) is 12.1 Å². The number of nitrogens with one attached hydrogen (secondary N) is 1. The Morgan fingerprint density at radius 1 is 1.15 bits per heavy atom. The van der Waals surface area contributed by atoms with Crippen molar-refractivity contribution in [1.82, 2.24) is 0 Å². The Morgan fingerprint density at radius 2 is 1.85 bits per heavy atom. The maximum Gasteiger partial charge on any atom is 0.293 e. The van der Waals surface area contributed by atoms with E-state index in [9.17, 15) is 20.2 Å². The summed E-state index contributed by atoms with van der Waals surface area (Å²) in [5.41, 5.74) is 1.72. The highest BCUT2D eigenvalue weighted by atomic mass is 16.6. The van der Waals surface area contributed by atoms with Gasteiger partial charge in [-0.05, 0) is 61.0 Å². The van der Waals surface area contributed by atoms with Crippen LogP contribution in [0.2, 0.25) is 0 Å². The largest absolute Gasteiger partial charge is 0.494 e. The van der Waals surface area contributed by atoms with Crippen LogP contribution in [0.15, 0.2) is 78.4 Å². The van der Waals surface area contributed by atoms with Gasteiger partial charge in [-0.3, -0.25) is 14.9 Å². The molecule has 0 saturated carbocycles. The number of rotatable bonds is 8. The molecule has 0 aliphatic carbocycles. The molecule has 0 aliphatic heterocycles. The zero-order valence-electron chi connectivity index (χ0n) is 18.2. The minimum atomic E-state index is -0.616. The molecule has 33 heavy (non-hydrogen) atoms. The van der Waals surface area contributed by atoms with E-state index in [1.54, 1.807) is 48.3 Å². The highest BCUT2D eigenvalue weighted by Crippen LogP contribution is 2.33. The van der Waals surface area contributed by atoms with E-state index in [-0.39, 0.29) is 11.3 Å². The van der Waals surface area contributed by atoms with Gasteiger partial charge in [0.05, 0.1) is 11.5 Å². The normalized spacial score (nSPS) is 10.8. The fourth-order valence-electron chi connectivity index (χ4n) is 3.17. The maximum atomic E-state index is 12.6. The molecule has 1 N–H and O–H groups in total. The highest BCUT2D eigenvalue weighted by Gasteiger charge is 2.19. The van der Waals surface area contributed by atoms with Crippen LogP contribution in [-0.2, 0) is 4.79 Å². The minimum Gasteiger partial charge on any atom is -0.494 e. The van der Waals surface area contributed by atoms with Crippen molar-refractivity contribution < 1.29 is 14.5 Å². The zero-order valence-corrected chi connectivity index (χ0v) is 18.2. The van der Waals surface area contributed by atoms with Crippen molar-refractivity contribution in [3.8, 4) is 11.8 Å². The third-order valence-corrected chi connectivity index (χ3v) is 4.80. The van der Waals surface area contributed by atoms with Gasteiger partial charge in [0, 0.05) is 24.5 Å². The van der Waals surface area contributed by atoms with Crippen LogP contribution in [-0.4, -0.2) is 24.5 Å². The number of nitrogens with zero attached hydrogens (tertiary/aromatic N) is 3. The number of para-hydroxylation sites is 1. The summed E-state index contributed by atoms with van der Waals surface area (Å²) in [5.74, 6) is 0.0502. The van der Waals surface area contributed by atoms with Crippen LogP contribution >= 0.6 is 0 Å². The lowest BCUT2D eigenvalue weighted by Gasteiger charge is -2.19. The van der Waals surface area contributed by atoms with Gasteiger partial charge in [-0.25, -0.2) is 0 Å². The van der Waals surface area contributed by atoms with Crippen LogP contribution < -0.4 is 15.0 Å². The lowest BCUT2D eigenvalue weighted by molar-refractivity contribution is -0.384. The molecular formula is C25H22N4O4. The number of hydrogen-bond donors (Lipinski definition) is 1. The van der Waals surface area contributed by atoms with Gasteiger partial charge in [0.1, 0.15) is 23.1 Å². The topological polar surface area (TPSA) is 108 Å². The minimum absolute atomic E-state index is 0.140. The molecule has 0 bridgehead atoms. The monoisotopic (exact) mass is 442 g/mol. The van der Waals surface area contributed by atoms with Gasteiger partial charge in [0.25, 0.3) is 11.6 Å². The summed E-state index contributed by atoms with van der Waals surface area (Å²) in [7, 11) is 1.73. The quantitative estimate of drug-likeness (QED) is 0.219. The Labute approximate surface area is 191 Å². The molecule has 0 heterocycles. The molecule has 0 saturated heterocycles. The SMILES string of the molecule is CCOc1ccc(NC(=O)/C(C#N)=C\c2ccc(N(C)c3ccccc3)c([N+](=O)[O-])c2)cc1. The number of carbonyl (C=O) groups excluding carboxylic acids is 1. The number of nitro groups is 1. The van der Waals surface area contributed by atoms with Gasteiger partial charge in [0.15, 0.2) is 0 Å². The molecule has 3 aromatic rings. The lowest BCUT2D eigenvalue weighted by Crippen LogP contribution is -2.13. The number of benzene rings is 3. The number of amides is 1. The second kappa shape index (κ2) is 10.6. The third-order valence-electron chi connectivity index (χ3n) is 4.80. The summed E-state index contributed by atoms with van der Waals surface area (Å²) in [6, 6.07) is 22.4. The van der Waals surface area contributed by atoms with E-state index in [4.69, 9.17) is 4.74 Å². The Hall–Kier alpha value is -4.64. The fraction of sp³-hybridized carbons (Fsp3) is 0.120. The Bertz CT molecular complexity index is 1220. The number of nitro benzene ring substituents is 1. The van der Waals surface area contributed by atoms with E-state index < -0.39 is 10.8 Å². The molecule has 0 radical (unpaired) electrons. The first kappa shape index (κ1) is 23.0. The molecule has 0 unspecified atom stereocenters. The smallest absolute Gasteiger partial charge is 0.293 e. The summed E-state index contributed by atoms with van der Waals surface area (Å²) in [6.07, 6.45) is 1.32. The van der Waals surface area contributed by atoms with Crippen molar-refractivity contribution in [3.63, 3.8) is 0 Å². The molecule has 0 aromatic heterocycles. The molecule has 0 aliphatic rings. The zero-order chi connectivity index (χ0) is 23.8. The fourth-order valence-corrected chi connectivity index (χ4v) is 3.17. The van der Waals surface area contributed by atoms with Gasteiger partial charge in [-0.2, -0.15) is 5.26 Å². The summed E-state index contributed by atoms with van der Waals surface area (Å²) in [6.45, 7) is 2.40. The number of anilines is 3. The molecule has 166 valence electrons. The highest BCUT2D eigenvalue weighted by molar-refractivity contribution is 6.09. The van der Waals surface area contributed by atoms with Gasteiger partial charge >= 0.3 is 0 Å². The van der Waals surface area contributed by atoms with Crippen molar-refractivity contribution in [2.45, 2.75) is 6.92 Å². The first-order valence-corrected chi connectivity index (χ1v) is 10.2. The number of ether oxygens (including phenoxy) is 1. The van der Waals surface area contributed by atoms with Crippen LogP contribution in [0.1, 0.15) is 12.5 Å². The van der Waals surface area contributed by atoms with Crippen molar-refractivity contribution in [3.05, 3.63) is 94.0 Å². The average Bonchev–Trinajstić information content (AvgIpc) is 2.83. The van der Waals surface area contributed by atoms with Crippen molar-refractivity contribution >= 4 is 34.7 Å². The first-order chi connectivity index (χ1) is 15.9. The number of nitriles is 1. The molecule has 0 fully saturated rings. The van der Waals surface area contributed by atoms with E-state index in [0.717, 1.165) is 5.69 Å². The molecule has 3 aromatic carbocycles. The van der Waals surface area contributed by atoms with E-state index in [1.807, 2.05) is 43.3 Å². The summed E-state index contributed by atoms with van der Waals surface area (Å²) >= 11 is 0. The Kier molecular flexibility index (Phi) is 7.39. The summed E-state index contributed by atoms with van der Waals surface area (Å²) in [5, 5.41) is 23.8. The standard InChI is InChI=1S/C25H22N4O4/c1-3-33-22-12-10-20(11-13-22)27-25(30)19(17-26)15-18-9-14-23(24(16-18)29(31)32)28(2)21-7-5-4-6-8-21/h4-16H,3H2,1-2H3,(H,27,30)/b19-15-. The van der Waals surface area contributed by atoms with E-state index in [2.05, 4.69) is 5.32 Å². The Balaban J connectivity index is 1.85. The van der Waals surface area contributed by atoms with Crippen molar-refractivity contribution in [2.75, 3.05) is 23.9 Å². The van der Waals surface area contributed by atoms with Crippen molar-refractivity contribution in [2.24, 2.45) is 0 Å². The van der Waals surface area contributed by atoms with Crippen LogP contribution in [0.25, 0.3) is 6.08 Å². The van der Waals surface area contributed by atoms with Crippen LogP contribution in [0.3, 0.4) is 0 Å². The first-order valence-electron chi connectivity index (χ1n) is 10.2. The van der Waals surface area contributed by atoms with E-state index in [0.29, 0.717) is 29.3 Å². The second-order valence-corrected chi connectivity index (χ2v) is 6.98. The number of carbonyl (C=O) groups is 1. The predicted molar refractivity (Wildman–Crippen MR) is 127 cm³/mol. The molecular weight excluding hydrogens is 420 g/mol. The van der Waals surface area contributed by atoms with Crippen molar-refractivity contribution in [1.29, 1.82) is 5.26 Å². The summed E-state index contributed by atoms with van der Waals surface area (Å²) in [4.78, 5) is 25.5. The van der Waals surface area contributed by atoms with Gasteiger partial charge in [-0.1, -0.05) is 24.3 Å². The molecule has 8 nitrogen and oxygen atoms in total. The molecule has 1 amide bonds. The van der Waals surface area contributed by atoms with Crippen LogP contribution in [0.5, 0.6) is 5.75 Å². The second-order valence-electron chi connectivity index (χ2n) is 6.98. The van der Waals surface area contributed by atoms with Gasteiger partial charge < -0.3 is 15.0 Å². The van der Waals surface area contributed by atoms with E-state index >= 15 is 0 Å². The summed E-state index contributed by atoms with van der Waals surface area (Å²) < 4.78 is 5.36. The van der Waals surface area contributed by atoms with Gasteiger partial charge in [-0.15, -0.1) is 0 Å². The molecule has 3 rings (SSSR count). The third kappa shape index (κ3) is 5.74. The maximum absolute atomic E-state index is 12.6. The molecule has 0 atom stereocenters. The molecule has 0 spiro atoms. The Morgan fingerprint density at radius 3 is 2.45 bits per heavy atom. The van der Waals surface area contributed by atoms with Gasteiger partial charge in [0.2, 0.25) is 0 Å². The predicted octanol–water partition coefficient (Wildman–Crippen LogP) is 5.31. The molecule has 8 heteroatoms. The number of hydrogen-bond acceptors (Lipinski definition) is 6. The van der Waals surface area contributed by atoms with Crippen LogP contribution in [0.4, 0.5) is 22.7 Å². The average molecular weight is 442 g/mol. The van der Waals surface area contributed by atoms with Crippen LogP contribution in [0, 0.1) is 21.4 Å². The lowest BCUT2D eigenvalue weighted by atomic mass is 10.1.